The molecule has 0 radical (unpaired) electrons. The Hall–Kier alpha value is -5.18. The lowest BCUT2D eigenvalue weighted by Gasteiger charge is -2.41. The standard InChI is InChI=1S/C51H70N4O9Si/c1-49(2,3)63-48(60)55(33-43(64-65(7,8)50(4,5)6)39-20-22-42(56)45-40(39)21-23-44(57)53-45)30-13-9-10-14-31-61-38-18-15-17-37(32-38)46(58)54-51(27-24-36-16-11-12-19-41(36)51)47(59)62-34-35-25-28-52-29-26-35/h11-12,15-23,32,35,43,52,56H,9-10,13-14,24-31,33-34H2,1-8H3,(H,53,57)(H,54,58)/t43-,51?/m0/s1. The second kappa shape index (κ2) is 21.0. The number of benzene rings is 3. The number of aryl methyl sites for hydroxylation is 1. The first kappa shape index (κ1) is 49.3. The van der Waals surface area contributed by atoms with Gasteiger partial charge in [0.15, 0.2) is 13.9 Å². The van der Waals surface area contributed by atoms with Crippen LogP contribution in [-0.2, 0) is 30.7 Å². The van der Waals surface area contributed by atoms with Crippen LogP contribution in [0.5, 0.6) is 11.5 Å². The number of piperidine rings is 1. The molecule has 2 heterocycles. The number of unbranched alkanes of at least 4 members (excludes halogenated alkanes) is 3. The average molecular weight is 911 g/mol. The number of esters is 1. The van der Waals surface area contributed by atoms with Crippen LogP contribution in [0, 0.1) is 5.92 Å². The monoisotopic (exact) mass is 910 g/mol. The van der Waals surface area contributed by atoms with Crippen LogP contribution in [0.4, 0.5) is 4.79 Å². The van der Waals surface area contributed by atoms with Gasteiger partial charge in [-0.05, 0) is 143 Å². The number of carbonyl (C=O) groups is 3. The third-order valence-electron chi connectivity index (χ3n) is 13.1. The topological polar surface area (TPSA) is 169 Å². The molecule has 14 heteroatoms. The van der Waals surface area contributed by atoms with E-state index < -0.39 is 37.6 Å². The molecule has 1 aliphatic heterocycles. The van der Waals surface area contributed by atoms with Crippen molar-refractivity contribution in [2.45, 2.75) is 128 Å². The number of phenolic OH excluding ortho intramolecular Hbond substituents is 1. The van der Waals surface area contributed by atoms with Gasteiger partial charge in [-0.1, -0.05) is 70.0 Å². The summed E-state index contributed by atoms with van der Waals surface area (Å²) in [7, 11) is -2.41. The minimum Gasteiger partial charge on any atom is -0.506 e. The molecular formula is C51H70N4O9Si. The first-order chi connectivity index (χ1) is 30.8. The van der Waals surface area contributed by atoms with Gasteiger partial charge in [-0.3, -0.25) is 9.59 Å². The normalized spacial score (nSPS) is 17.3. The second-order valence-corrected chi connectivity index (χ2v) is 24.9. The maximum absolute atomic E-state index is 13.9. The van der Waals surface area contributed by atoms with E-state index >= 15 is 0 Å². The Bertz CT molecular complexity index is 2350. The second-order valence-electron chi connectivity index (χ2n) is 20.2. The molecule has 1 saturated heterocycles. The summed E-state index contributed by atoms with van der Waals surface area (Å²) in [4.78, 5) is 58.4. The summed E-state index contributed by atoms with van der Waals surface area (Å²) in [6.45, 7) is 19.6. The van der Waals surface area contributed by atoms with Gasteiger partial charge >= 0.3 is 12.1 Å². The van der Waals surface area contributed by atoms with Gasteiger partial charge in [0.2, 0.25) is 5.56 Å². The van der Waals surface area contributed by atoms with Crippen molar-refractivity contribution in [1.29, 1.82) is 0 Å². The molecule has 0 bridgehead atoms. The maximum Gasteiger partial charge on any atom is 0.410 e. The number of pyridine rings is 1. The number of nitrogens with one attached hydrogen (secondary N) is 3. The highest BCUT2D eigenvalue weighted by atomic mass is 28.4. The fourth-order valence-corrected chi connectivity index (χ4v) is 9.63. The number of fused-ring (bicyclic) bond motifs is 2. The summed E-state index contributed by atoms with van der Waals surface area (Å²) in [6, 6.07) is 21.3. The molecule has 1 fully saturated rings. The Morgan fingerprint density at radius 3 is 2.40 bits per heavy atom. The zero-order valence-electron chi connectivity index (χ0n) is 39.6. The number of aromatic hydroxyl groups is 1. The van der Waals surface area contributed by atoms with Crippen molar-refractivity contribution in [3.8, 4) is 11.5 Å². The van der Waals surface area contributed by atoms with E-state index in [0.717, 1.165) is 61.9 Å². The molecule has 2 amide bonds. The molecule has 1 aromatic heterocycles. The summed E-state index contributed by atoms with van der Waals surface area (Å²) in [5.41, 5.74) is 0.986. The summed E-state index contributed by atoms with van der Waals surface area (Å²) >= 11 is 0. The Morgan fingerprint density at radius 1 is 0.923 bits per heavy atom. The average Bonchev–Trinajstić information content (AvgIpc) is 3.63. The van der Waals surface area contributed by atoms with Crippen LogP contribution in [-0.4, -0.2) is 86.3 Å². The van der Waals surface area contributed by atoms with E-state index in [9.17, 15) is 24.3 Å². The summed E-state index contributed by atoms with van der Waals surface area (Å²) in [6.07, 6.45) is 5.09. The minimum atomic E-state index is -2.41. The number of amides is 2. The number of hydrogen-bond acceptors (Lipinski definition) is 10. The van der Waals surface area contributed by atoms with Gasteiger partial charge in [0.1, 0.15) is 17.1 Å². The van der Waals surface area contributed by atoms with Crippen molar-refractivity contribution in [3.63, 3.8) is 0 Å². The lowest BCUT2D eigenvalue weighted by atomic mass is 9.91. The molecule has 2 aliphatic rings. The number of carbonyl (C=O) groups excluding carboxylic acids is 3. The van der Waals surface area contributed by atoms with E-state index in [2.05, 4.69) is 49.5 Å². The molecule has 2 atom stereocenters. The molecule has 352 valence electrons. The van der Waals surface area contributed by atoms with Crippen LogP contribution in [0.3, 0.4) is 0 Å². The molecule has 65 heavy (non-hydrogen) atoms. The lowest BCUT2D eigenvalue weighted by molar-refractivity contribution is -0.153. The van der Waals surface area contributed by atoms with E-state index in [1.807, 2.05) is 57.2 Å². The third kappa shape index (κ3) is 12.6. The van der Waals surface area contributed by atoms with Gasteiger partial charge in [-0.2, -0.15) is 0 Å². The minimum absolute atomic E-state index is 0.0420. The highest BCUT2D eigenvalue weighted by molar-refractivity contribution is 6.74. The van der Waals surface area contributed by atoms with Crippen LogP contribution in [0.15, 0.2) is 77.6 Å². The molecule has 0 spiro atoms. The van der Waals surface area contributed by atoms with Crippen molar-refractivity contribution in [2.75, 3.05) is 39.4 Å². The van der Waals surface area contributed by atoms with Crippen LogP contribution in [0.2, 0.25) is 18.1 Å². The highest BCUT2D eigenvalue weighted by Gasteiger charge is 2.48. The number of hydrogen-bond donors (Lipinski definition) is 4. The third-order valence-corrected chi connectivity index (χ3v) is 17.5. The summed E-state index contributed by atoms with van der Waals surface area (Å²) < 4.78 is 25.0. The number of H-pyrrole nitrogens is 1. The van der Waals surface area contributed by atoms with Gasteiger partial charge in [-0.25, -0.2) is 9.59 Å². The van der Waals surface area contributed by atoms with Crippen LogP contribution in [0.25, 0.3) is 10.9 Å². The van der Waals surface area contributed by atoms with Gasteiger partial charge in [0, 0.05) is 23.6 Å². The highest BCUT2D eigenvalue weighted by Crippen LogP contribution is 2.42. The Labute approximate surface area is 385 Å². The van der Waals surface area contributed by atoms with Gasteiger partial charge in [0.05, 0.1) is 31.4 Å². The van der Waals surface area contributed by atoms with Crippen molar-refractivity contribution < 1.29 is 38.1 Å². The Morgan fingerprint density at radius 2 is 1.66 bits per heavy atom. The molecule has 4 N–H and O–H groups in total. The van der Waals surface area contributed by atoms with Crippen molar-refractivity contribution in [2.24, 2.45) is 5.92 Å². The Kier molecular flexibility index (Phi) is 15.9. The first-order valence-electron chi connectivity index (χ1n) is 23.3. The molecule has 1 aliphatic carbocycles. The maximum atomic E-state index is 13.9. The quantitative estimate of drug-likeness (QED) is 0.0429. The first-order valence-corrected chi connectivity index (χ1v) is 26.2. The number of aromatic nitrogens is 1. The molecule has 3 aromatic carbocycles. The molecule has 13 nitrogen and oxygen atoms in total. The van der Waals surface area contributed by atoms with Crippen molar-refractivity contribution in [3.05, 3.63) is 105 Å². The van der Waals surface area contributed by atoms with Crippen LogP contribution < -0.4 is 20.9 Å². The van der Waals surface area contributed by atoms with E-state index in [1.54, 1.807) is 35.2 Å². The fraction of sp³-hybridized carbons (Fsp3) is 0.529. The number of nitrogens with zero attached hydrogens (tertiary/aromatic N) is 1. The molecule has 6 rings (SSSR count). The van der Waals surface area contributed by atoms with E-state index in [4.69, 9.17) is 18.6 Å². The van der Waals surface area contributed by atoms with Crippen molar-refractivity contribution >= 4 is 37.2 Å². The predicted molar refractivity (Wildman–Crippen MR) is 256 cm³/mol. The van der Waals surface area contributed by atoms with Crippen LogP contribution >= 0.6 is 0 Å². The van der Waals surface area contributed by atoms with Crippen LogP contribution in [0.1, 0.15) is 120 Å². The van der Waals surface area contributed by atoms with E-state index in [1.165, 1.54) is 6.07 Å². The molecule has 0 saturated carbocycles. The lowest BCUT2D eigenvalue weighted by Crippen LogP contribution is -2.51. The van der Waals surface area contributed by atoms with Gasteiger partial charge in [0.25, 0.3) is 5.91 Å². The Balaban J connectivity index is 1.07. The molecule has 1 unspecified atom stereocenters. The smallest absolute Gasteiger partial charge is 0.410 e. The largest absolute Gasteiger partial charge is 0.506 e. The number of phenols is 1. The number of ether oxygens (including phenoxy) is 3. The zero-order valence-corrected chi connectivity index (χ0v) is 40.6. The number of rotatable bonds is 18. The predicted octanol–water partition coefficient (Wildman–Crippen LogP) is 9.29. The van der Waals surface area contributed by atoms with E-state index in [0.29, 0.717) is 67.2 Å². The SMILES string of the molecule is CC(C)(C)OC(=O)N(CCCCCCOc1cccc(C(=O)NC2(C(=O)OCC3CCNCC3)CCc3ccccc32)c1)C[C@H](O[Si](C)(C)C(C)(C)C)c1ccc(O)c2[nH]c(=O)ccc12. The summed E-state index contributed by atoms with van der Waals surface area (Å²) in [5, 5.41) is 17.7. The molecular weight excluding hydrogens is 841 g/mol. The van der Waals surface area contributed by atoms with Gasteiger partial charge < -0.3 is 44.3 Å². The van der Waals surface area contributed by atoms with Crippen molar-refractivity contribution in [1.82, 2.24) is 20.5 Å². The number of aromatic amines is 1. The van der Waals surface area contributed by atoms with E-state index in [-0.39, 0.29) is 28.8 Å². The van der Waals surface area contributed by atoms with Gasteiger partial charge in [-0.15, -0.1) is 0 Å². The molecule has 4 aromatic rings. The zero-order chi connectivity index (χ0) is 47.0. The fourth-order valence-electron chi connectivity index (χ4n) is 8.37. The summed E-state index contributed by atoms with van der Waals surface area (Å²) in [5.74, 6) is 0.0252.